The van der Waals surface area contributed by atoms with Crippen molar-refractivity contribution in [2.45, 2.75) is 11.6 Å². The molecule has 14 heavy (non-hydrogen) atoms. The van der Waals surface area contributed by atoms with Crippen LogP contribution in [0.4, 0.5) is 0 Å². The van der Waals surface area contributed by atoms with Crippen LogP contribution in [-0.4, -0.2) is 19.4 Å². The van der Waals surface area contributed by atoms with Gasteiger partial charge in [-0.15, -0.1) is 6.58 Å². The molecule has 1 rings (SSSR count). The van der Waals surface area contributed by atoms with Gasteiger partial charge < -0.3 is 9.05 Å². The first-order chi connectivity index (χ1) is 6.64. The molecule has 0 aromatic heterocycles. The Morgan fingerprint density at radius 3 is 2.43 bits per heavy atom. The molecule has 1 atom stereocenters. The largest absolute Gasteiger partial charge is 0.344 e. The third-order valence-corrected chi connectivity index (χ3v) is 4.92. The maximum atomic E-state index is 12.3. The van der Waals surface area contributed by atoms with Crippen molar-refractivity contribution in [3.63, 3.8) is 0 Å². The molecule has 4 heteroatoms. The van der Waals surface area contributed by atoms with E-state index in [9.17, 15) is 4.57 Å². The molecule has 1 aliphatic carbocycles. The van der Waals surface area contributed by atoms with Crippen molar-refractivity contribution in [1.29, 1.82) is 0 Å². The molecule has 3 nitrogen and oxygen atoms in total. The quantitative estimate of drug-likeness (QED) is 0.533. The van der Waals surface area contributed by atoms with Gasteiger partial charge in [0.25, 0.3) is 0 Å². The minimum absolute atomic E-state index is 0.589. The zero-order valence-corrected chi connectivity index (χ0v) is 9.37. The van der Waals surface area contributed by atoms with E-state index in [0.717, 1.165) is 0 Å². The normalized spacial score (nSPS) is 26.4. The van der Waals surface area contributed by atoms with E-state index in [1.54, 1.807) is 6.08 Å². The highest BCUT2D eigenvalue weighted by Crippen LogP contribution is 2.62. The summed E-state index contributed by atoms with van der Waals surface area (Å²) >= 11 is 0. The smallest absolute Gasteiger partial charge is 0.311 e. The summed E-state index contributed by atoms with van der Waals surface area (Å²) in [5.74, 6) is 0. The summed E-state index contributed by atoms with van der Waals surface area (Å²) in [7, 11) is -0.363. The molecule has 0 heterocycles. The van der Waals surface area contributed by atoms with Crippen molar-refractivity contribution < 1.29 is 13.6 Å². The zero-order valence-electron chi connectivity index (χ0n) is 8.47. The van der Waals surface area contributed by atoms with Crippen LogP contribution >= 0.6 is 7.60 Å². The van der Waals surface area contributed by atoms with Crippen LogP contribution in [0.2, 0.25) is 0 Å². The summed E-state index contributed by atoms with van der Waals surface area (Å²) < 4.78 is 22.3. The summed E-state index contributed by atoms with van der Waals surface area (Å²) in [5, 5.41) is -0.717. The van der Waals surface area contributed by atoms with E-state index in [1.165, 1.54) is 14.2 Å². The molecule has 0 spiro atoms. The van der Waals surface area contributed by atoms with Gasteiger partial charge in [0.15, 0.2) is 0 Å². The Morgan fingerprint density at radius 1 is 1.43 bits per heavy atom. The number of rotatable bonds is 4. The minimum Gasteiger partial charge on any atom is -0.311 e. The summed E-state index contributed by atoms with van der Waals surface area (Å²) in [5.41, 5.74) is 0. The van der Waals surface area contributed by atoms with Crippen LogP contribution in [0.5, 0.6) is 0 Å². The van der Waals surface area contributed by atoms with E-state index in [-0.39, 0.29) is 0 Å². The number of allylic oxidation sites excluding steroid dienone is 5. The lowest BCUT2D eigenvalue weighted by Crippen LogP contribution is -2.25. The Kier molecular flexibility index (Phi) is 3.48. The summed E-state index contributed by atoms with van der Waals surface area (Å²) in [4.78, 5) is 0. The van der Waals surface area contributed by atoms with Gasteiger partial charge in [0.05, 0.1) is 0 Å². The zero-order chi connectivity index (χ0) is 10.7. The lowest BCUT2D eigenvalue weighted by Gasteiger charge is -2.32. The summed E-state index contributed by atoms with van der Waals surface area (Å²) in [6.07, 6.45) is 9.68. The molecule has 0 saturated heterocycles. The van der Waals surface area contributed by atoms with E-state index in [2.05, 4.69) is 6.58 Å². The Bertz CT molecular complexity index is 311. The van der Waals surface area contributed by atoms with Crippen LogP contribution in [-0.2, 0) is 13.6 Å². The molecule has 1 unspecified atom stereocenters. The van der Waals surface area contributed by atoms with Gasteiger partial charge in [-0.2, -0.15) is 0 Å². The van der Waals surface area contributed by atoms with Crippen molar-refractivity contribution in [2.75, 3.05) is 14.2 Å². The molecule has 0 aliphatic heterocycles. The molecule has 0 saturated carbocycles. The predicted octanol–water partition coefficient (Wildman–Crippen LogP) is 2.91. The average molecular weight is 214 g/mol. The third-order valence-electron chi connectivity index (χ3n) is 2.42. The molecule has 0 fully saturated rings. The summed E-state index contributed by atoms with van der Waals surface area (Å²) in [6, 6.07) is 0. The van der Waals surface area contributed by atoms with Crippen LogP contribution in [0.25, 0.3) is 0 Å². The fourth-order valence-electron chi connectivity index (χ4n) is 1.51. The average Bonchev–Trinajstić information content (AvgIpc) is 2.28. The van der Waals surface area contributed by atoms with Crippen molar-refractivity contribution in [2.24, 2.45) is 0 Å². The number of hydrogen-bond donors (Lipinski definition) is 0. The fraction of sp³-hybridized carbons (Fsp3) is 0.400. The van der Waals surface area contributed by atoms with Crippen LogP contribution < -0.4 is 0 Å². The second kappa shape index (κ2) is 4.26. The predicted molar refractivity (Wildman–Crippen MR) is 57.4 cm³/mol. The monoisotopic (exact) mass is 214 g/mol. The van der Waals surface area contributed by atoms with Crippen LogP contribution in [0, 0.1) is 0 Å². The van der Waals surface area contributed by atoms with Crippen molar-refractivity contribution in [1.82, 2.24) is 0 Å². The van der Waals surface area contributed by atoms with Crippen LogP contribution in [0.3, 0.4) is 0 Å². The minimum atomic E-state index is -3.14. The highest BCUT2D eigenvalue weighted by atomic mass is 31.2. The molecule has 1 aliphatic rings. The first-order valence-corrected chi connectivity index (χ1v) is 5.88. The highest BCUT2D eigenvalue weighted by molar-refractivity contribution is 7.56. The fourth-order valence-corrected chi connectivity index (χ4v) is 3.16. The Labute approximate surface area is 84.6 Å². The van der Waals surface area contributed by atoms with Gasteiger partial charge in [-0.25, -0.2) is 0 Å². The first kappa shape index (κ1) is 11.4. The molecule has 0 aromatic carbocycles. The first-order valence-electron chi connectivity index (χ1n) is 4.34. The van der Waals surface area contributed by atoms with Crippen molar-refractivity contribution in [3.8, 4) is 0 Å². The van der Waals surface area contributed by atoms with E-state index >= 15 is 0 Å². The second-order valence-corrected chi connectivity index (χ2v) is 5.61. The van der Waals surface area contributed by atoms with E-state index in [0.29, 0.717) is 6.42 Å². The molecule has 0 aromatic rings. The molecule has 0 bridgehead atoms. The van der Waals surface area contributed by atoms with Gasteiger partial charge in [-0.05, 0) is 6.42 Å². The standard InChI is InChI=1S/C10H15O3P/c1-4-10(8-6-5-7-9-10)14(11,12-2)13-3/h4-8H,1,9H2,2-3H3. The van der Waals surface area contributed by atoms with Gasteiger partial charge in [-0.3, -0.25) is 4.57 Å². The maximum absolute atomic E-state index is 12.3. The molecular weight excluding hydrogens is 199 g/mol. The van der Waals surface area contributed by atoms with Crippen LogP contribution in [0.15, 0.2) is 37.0 Å². The third kappa shape index (κ3) is 1.63. The number of hydrogen-bond acceptors (Lipinski definition) is 3. The molecule has 0 N–H and O–H groups in total. The Hall–Kier alpha value is -0.630. The topological polar surface area (TPSA) is 35.5 Å². The Balaban J connectivity index is 3.12. The van der Waals surface area contributed by atoms with Gasteiger partial charge in [0.2, 0.25) is 0 Å². The molecular formula is C10H15O3P. The lowest BCUT2D eigenvalue weighted by atomic mass is 10.0. The van der Waals surface area contributed by atoms with Crippen molar-refractivity contribution >= 4 is 7.60 Å². The van der Waals surface area contributed by atoms with Crippen LogP contribution in [0.1, 0.15) is 6.42 Å². The van der Waals surface area contributed by atoms with Gasteiger partial charge in [0, 0.05) is 14.2 Å². The highest BCUT2D eigenvalue weighted by Gasteiger charge is 2.45. The molecule has 0 radical (unpaired) electrons. The summed E-state index contributed by atoms with van der Waals surface area (Å²) in [6.45, 7) is 3.70. The van der Waals surface area contributed by atoms with E-state index in [1.807, 2.05) is 24.3 Å². The molecule has 0 amide bonds. The second-order valence-electron chi connectivity index (χ2n) is 3.05. The van der Waals surface area contributed by atoms with E-state index in [4.69, 9.17) is 9.05 Å². The van der Waals surface area contributed by atoms with Crippen molar-refractivity contribution in [3.05, 3.63) is 37.0 Å². The van der Waals surface area contributed by atoms with E-state index < -0.39 is 12.8 Å². The van der Waals surface area contributed by atoms with Gasteiger partial charge >= 0.3 is 7.60 Å². The molecule has 78 valence electrons. The lowest BCUT2D eigenvalue weighted by molar-refractivity contribution is 0.261. The van der Waals surface area contributed by atoms with Gasteiger partial charge in [-0.1, -0.05) is 30.4 Å². The SMILES string of the molecule is C=CC1(P(=O)(OC)OC)C=CC=CC1. The maximum Gasteiger partial charge on any atom is 0.344 e. The Morgan fingerprint density at radius 2 is 2.07 bits per heavy atom. The van der Waals surface area contributed by atoms with Gasteiger partial charge in [0.1, 0.15) is 5.16 Å².